The van der Waals surface area contributed by atoms with E-state index in [0.29, 0.717) is 12.1 Å². The second-order valence-corrected chi connectivity index (χ2v) is 3.14. The highest BCUT2D eigenvalue weighted by Gasteiger charge is 2.05. The number of fused-ring (bicyclic) bond motifs is 1. The molecule has 1 heterocycles. The summed E-state index contributed by atoms with van der Waals surface area (Å²) in [5.41, 5.74) is 7.91. The van der Waals surface area contributed by atoms with Crippen LogP contribution in [0.3, 0.4) is 0 Å². The zero-order valence-corrected chi connectivity index (χ0v) is 7.39. The fraction of sp³-hybridized carbons (Fsp3) is 0.200. The third kappa shape index (κ3) is 1.21. The van der Waals surface area contributed by atoms with Gasteiger partial charge < -0.3 is 10.7 Å². The van der Waals surface area contributed by atoms with Crippen LogP contribution in [0, 0.1) is 12.7 Å². The molecule has 0 spiro atoms. The number of benzene rings is 1. The van der Waals surface area contributed by atoms with E-state index < -0.39 is 0 Å². The first-order valence-electron chi connectivity index (χ1n) is 4.19. The van der Waals surface area contributed by atoms with E-state index in [1.165, 1.54) is 6.07 Å². The molecule has 3 N–H and O–H groups in total. The molecule has 2 nitrogen and oxygen atoms in total. The lowest BCUT2D eigenvalue weighted by Gasteiger charge is -1.96. The van der Waals surface area contributed by atoms with Crippen LogP contribution in [0.4, 0.5) is 4.39 Å². The lowest BCUT2D eigenvalue weighted by Crippen LogP contribution is -1.95. The fourth-order valence-electron chi connectivity index (χ4n) is 1.49. The van der Waals surface area contributed by atoms with Gasteiger partial charge in [-0.15, -0.1) is 0 Å². The van der Waals surface area contributed by atoms with Crippen LogP contribution in [0.5, 0.6) is 0 Å². The maximum atomic E-state index is 13.1. The number of aromatic nitrogens is 1. The SMILES string of the molecule is Cc1c(F)ccc2cc(CN)[nH]c12. The summed E-state index contributed by atoms with van der Waals surface area (Å²) in [5.74, 6) is -0.182. The molecule has 0 fully saturated rings. The molecule has 0 saturated carbocycles. The summed E-state index contributed by atoms with van der Waals surface area (Å²) in [7, 11) is 0. The van der Waals surface area contributed by atoms with Crippen molar-refractivity contribution in [1.29, 1.82) is 0 Å². The molecule has 0 atom stereocenters. The van der Waals surface area contributed by atoms with E-state index in [9.17, 15) is 4.39 Å². The van der Waals surface area contributed by atoms with E-state index in [1.807, 2.05) is 6.07 Å². The van der Waals surface area contributed by atoms with Crippen LogP contribution in [0.2, 0.25) is 0 Å². The van der Waals surface area contributed by atoms with Crippen LogP contribution in [-0.2, 0) is 6.54 Å². The van der Waals surface area contributed by atoms with Crippen LogP contribution in [-0.4, -0.2) is 4.98 Å². The summed E-state index contributed by atoms with van der Waals surface area (Å²) in [6, 6.07) is 5.18. The molecule has 2 aromatic rings. The quantitative estimate of drug-likeness (QED) is 0.689. The molecule has 0 unspecified atom stereocenters. The minimum absolute atomic E-state index is 0.182. The molecule has 0 amide bonds. The number of rotatable bonds is 1. The van der Waals surface area contributed by atoms with Crippen LogP contribution in [0.1, 0.15) is 11.3 Å². The molecule has 13 heavy (non-hydrogen) atoms. The number of nitrogens with one attached hydrogen (secondary N) is 1. The lowest BCUT2D eigenvalue weighted by atomic mass is 10.1. The van der Waals surface area contributed by atoms with Crippen molar-refractivity contribution < 1.29 is 4.39 Å². The van der Waals surface area contributed by atoms with E-state index in [0.717, 1.165) is 16.6 Å². The number of aryl methyl sites for hydroxylation is 1. The molecule has 1 aromatic heterocycles. The van der Waals surface area contributed by atoms with Gasteiger partial charge in [0.25, 0.3) is 0 Å². The van der Waals surface area contributed by atoms with Gasteiger partial charge in [-0.2, -0.15) is 0 Å². The molecule has 0 radical (unpaired) electrons. The van der Waals surface area contributed by atoms with Crippen molar-refractivity contribution in [1.82, 2.24) is 4.98 Å². The van der Waals surface area contributed by atoms with Crippen LogP contribution in [0.15, 0.2) is 18.2 Å². The van der Waals surface area contributed by atoms with E-state index >= 15 is 0 Å². The van der Waals surface area contributed by atoms with Crippen molar-refractivity contribution >= 4 is 10.9 Å². The van der Waals surface area contributed by atoms with Gasteiger partial charge in [-0.25, -0.2) is 4.39 Å². The highest BCUT2D eigenvalue weighted by atomic mass is 19.1. The maximum Gasteiger partial charge on any atom is 0.128 e. The minimum atomic E-state index is -0.182. The number of H-pyrrole nitrogens is 1. The Bertz CT molecular complexity index is 445. The van der Waals surface area contributed by atoms with E-state index in [2.05, 4.69) is 4.98 Å². The second kappa shape index (κ2) is 2.85. The standard InChI is InChI=1S/C10H11FN2/c1-6-9(11)3-2-7-4-8(5-12)13-10(6)7/h2-4,13H,5,12H2,1H3. The van der Waals surface area contributed by atoms with Gasteiger partial charge in [-0.05, 0) is 25.1 Å². The molecule has 3 heteroatoms. The Balaban J connectivity index is 2.76. The third-order valence-electron chi connectivity index (χ3n) is 2.27. The molecule has 68 valence electrons. The molecular weight excluding hydrogens is 167 g/mol. The maximum absolute atomic E-state index is 13.1. The molecule has 0 saturated heterocycles. The normalized spacial score (nSPS) is 11.0. The Morgan fingerprint density at radius 3 is 2.92 bits per heavy atom. The fourth-order valence-corrected chi connectivity index (χ4v) is 1.49. The predicted molar refractivity (Wildman–Crippen MR) is 50.9 cm³/mol. The number of nitrogens with two attached hydrogens (primary N) is 1. The van der Waals surface area contributed by atoms with Gasteiger partial charge in [0.2, 0.25) is 0 Å². The number of halogens is 1. The van der Waals surface area contributed by atoms with Gasteiger partial charge in [0.1, 0.15) is 5.82 Å². The molecule has 0 aliphatic rings. The van der Waals surface area contributed by atoms with E-state index in [4.69, 9.17) is 5.73 Å². The van der Waals surface area contributed by atoms with Gasteiger partial charge in [0.15, 0.2) is 0 Å². The average Bonchev–Trinajstić information content (AvgIpc) is 2.55. The molecule has 0 bridgehead atoms. The first-order chi connectivity index (χ1) is 6.22. The van der Waals surface area contributed by atoms with E-state index in [1.54, 1.807) is 13.0 Å². The summed E-state index contributed by atoms with van der Waals surface area (Å²) in [4.78, 5) is 3.09. The Morgan fingerprint density at radius 2 is 2.23 bits per heavy atom. The Hall–Kier alpha value is -1.35. The summed E-state index contributed by atoms with van der Waals surface area (Å²) in [6.07, 6.45) is 0. The topological polar surface area (TPSA) is 41.8 Å². The van der Waals surface area contributed by atoms with Crippen LogP contribution < -0.4 is 5.73 Å². The number of aromatic amines is 1. The van der Waals surface area contributed by atoms with Crippen molar-refractivity contribution in [2.45, 2.75) is 13.5 Å². The summed E-state index contributed by atoms with van der Waals surface area (Å²) in [5, 5.41) is 1.01. The average molecular weight is 178 g/mol. The summed E-state index contributed by atoms with van der Waals surface area (Å²) < 4.78 is 13.1. The molecular formula is C10H11FN2. The zero-order valence-electron chi connectivity index (χ0n) is 7.39. The van der Waals surface area contributed by atoms with Gasteiger partial charge in [-0.1, -0.05) is 0 Å². The van der Waals surface area contributed by atoms with Crippen molar-refractivity contribution in [2.24, 2.45) is 5.73 Å². The van der Waals surface area contributed by atoms with Gasteiger partial charge in [0, 0.05) is 23.2 Å². The Labute approximate surface area is 75.6 Å². The highest BCUT2D eigenvalue weighted by molar-refractivity contribution is 5.83. The van der Waals surface area contributed by atoms with Crippen LogP contribution >= 0.6 is 0 Å². The Morgan fingerprint density at radius 1 is 1.46 bits per heavy atom. The monoisotopic (exact) mass is 178 g/mol. The first-order valence-corrected chi connectivity index (χ1v) is 4.19. The lowest BCUT2D eigenvalue weighted by molar-refractivity contribution is 0.620. The minimum Gasteiger partial charge on any atom is -0.357 e. The van der Waals surface area contributed by atoms with Crippen molar-refractivity contribution in [3.8, 4) is 0 Å². The molecule has 0 aliphatic heterocycles. The molecule has 2 rings (SSSR count). The number of hydrogen-bond donors (Lipinski definition) is 2. The number of hydrogen-bond acceptors (Lipinski definition) is 1. The third-order valence-corrected chi connectivity index (χ3v) is 2.27. The van der Waals surface area contributed by atoms with Gasteiger partial charge >= 0.3 is 0 Å². The second-order valence-electron chi connectivity index (χ2n) is 3.14. The summed E-state index contributed by atoms with van der Waals surface area (Å²) >= 11 is 0. The highest BCUT2D eigenvalue weighted by Crippen LogP contribution is 2.21. The van der Waals surface area contributed by atoms with Crippen molar-refractivity contribution in [2.75, 3.05) is 0 Å². The van der Waals surface area contributed by atoms with Crippen molar-refractivity contribution in [3.63, 3.8) is 0 Å². The molecule has 1 aromatic carbocycles. The first kappa shape index (κ1) is 8.26. The predicted octanol–water partition coefficient (Wildman–Crippen LogP) is 2.07. The van der Waals surface area contributed by atoms with Gasteiger partial charge in [-0.3, -0.25) is 0 Å². The smallest absolute Gasteiger partial charge is 0.128 e. The van der Waals surface area contributed by atoms with E-state index in [-0.39, 0.29) is 5.82 Å². The molecule has 0 aliphatic carbocycles. The van der Waals surface area contributed by atoms with Gasteiger partial charge in [0.05, 0.1) is 5.52 Å². The largest absolute Gasteiger partial charge is 0.357 e. The van der Waals surface area contributed by atoms with Crippen molar-refractivity contribution in [3.05, 3.63) is 35.3 Å². The van der Waals surface area contributed by atoms with Crippen LogP contribution in [0.25, 0.3) is 10.9 Å². The summed E-state index contributed by atoms with van der Waals surface area (Å²) in [6.45, 7) is 2.21. The zero-order chi connectivity index (χ0) is 9.42. The Kier molecular flexibility index (Phi) is 1.81.